The van der Waals surface area contributed by atoms with Gasteiger partial charge in [-0.1, -0.05) is 38.5 Å². The van der Waals surface area contributed by atoms with Crippen LogP contribution in [0.5, 0.6) is 0 Å². The summed E-state index contributed by atoms with van der Waals surface area (Å²) in [5, 5.41) is 0. The molecule has 3 fully saturated rings. The van der Waals surface area contributed by atoms with Gasteiger partial charge in [0.1, 0.15) is 6.04 Å². The van der Waals surface area contributed by atoms with Gasteiger partial charge in [0.2, 0.25) is 11.8 Å². The maximum Gasteiger partial charge on any atom is 0.330 e. The quantitative estimate of drug-likeness (QED) is 0.721. The number of hydrogen-bond acceptors (Lipinski definition) is 4. The van der Waals surface area contributed by atoms with E-state index in [0.717, 1.165) is 51.4 Å². The van der Waals surface area contributed by atoms with Crippen LogP contribution in [-0.2, 0) is 19.1 Å². The topological polar surface area (TPSA) is 66.9 Å². The molecule has 6 heteroatoms. The second-order valence-corrected chi connectivity index (χ2v) is 8.02. The third-order valence-electron chi connectivity index (χ3n) is 6.36. The van der Waals surface area contributed by atoms with E-state index in [0.29, 0.717) is 13.1 Å². The standard InChI is InChI=1S/C20H32N2O4/c1-26-20(25)17-14-21(18(23)15-8-4-2-5-9-15)12-13-22(17)19(24)16-10-6-3-7-11-16/h15-17H,2-14H2,1H3/t17-/m1/s1. The summed E-state index contributed by atoms with van der Waals surface area (Å²) in [4.78, 5) is 41.7. The lowest BCUT2D eigenvalue weighted by Crippen LogP contribution is -2.61. The Morgan fingerprint density at radius 3 is 1.85 bits per heavy atom. The zero-order chi connectivity index (χ0) is 18.5. The van der Waals surface area contributed by atoms with Crippen LogP contribution in [0.3, 0.4) is 0 Å². The molecule has 26 heavy (non-hydrogen) atoms. The van der Waals surface area contributed by atoms with Crippen LogP contribution < -0.4 is 0 Å². The molecule has 1 aliphatic heterocycles. The van der Waals surface area contributed by atoms with Gasteiger partial charge >= 0.3 is 5.97 Å². The molecule has 0 radical (unpaired) electrons. The predicted octanol–water partition coefficient (Wildman–Crippen LogP) is 2.36. The van der Waals surface area contributed by atoms with E-state index in [1.54, 1.807) is 9.80 Å². The van der Waals surface area contributed by atoms with Crippen molar-refractivity contribution in [2.75, 3.05) is 26.7 Å². The van der Waals surface area contributed by atoms with Crippen LogP contribution >= 0.6 is 0 Å². The minimum atomic E-state index is -0.657. The Kier molecular flexibility index (Phi) is 6.54. The molecule has 146 valence electrons. The molecule has 2 amide bonds. The summed E-state index contributed by atoms with van der Waals surface area (Å²) in [6.45, 7) is 1.25. The van der Waals surface area contributed by atoms with Gasteiger partial charge in [-0.2, -0.15) is 0 Å². The van der Waals surface area contributed by atoms with Crippen molar-refractivity contribution in [3.05, 3.63) is 0 Å². The summed E-state index contributed by atoms with van der Waals surface area (Å²) in [5.74, 6) is -0.0670. The molecule has 1 atom stereocenters. The molecular weight excluding hydrogens is 332 g/mol. The van der Waals surface area contributed by atoms with E-state index < -0.39 is 12.0 Å². The van der Waals surface area contributed by atoms with E-state index in [1.807, 2.05) is 0 Å². The third-order valence-corrected chi connectivity index (χ3v) is 6.36. The van der Waals surface area contributed by atoms with Crippen molar-refractivity contribution in [2.24, 2.45) is 11.8 Å². The molecule has 0 unspecified atom stereocenters. The largest absolute Gasteiger partial charge is 0.467 e. The monoisotopic (exact) mass is 364 g/mol. The van der Waals surface area contributed by atoms with Crippen LogP contribution in [0.15, 0.2) is 0 Å². The van der Waals surface area contributed by atoms with E-state index in [-0.39, 0.29) is 30.2 Å². The first kappa shape index (κ1) is 19.2. The highest BCUT2D eigenvalue weighted by molar-refractivity contribution is 5.87. The van der Waals surface area contributed by atoms with Crippen molar-refractivity contribution in [3.8, 4) is 0 Å². The first-order valence-electron chi connectivity index (χ1n) is 10.3. The molecule has 3 rings (SSSR count). The Morgan fingerprint density at radius 2 is 1.31 bits per heavy atom. The number of carbonyl (C=O) groups is 3. The first-order chi connectivity index (χ1) is 12.6. The highest BCUT2D eigenvalue weighted by Crippen LogP contribution is 2.29. The maximum absolute atomic E-state index is 13.0. The molecule has 0 aromatic heterocycles. The molecular formula is C20H32N2O4. The SMILES string of the molecule is COC(=O)[C@H]1CN(C(=O)C2CCCCC2)CCN1C(=O)C1CCCCC1. The number of hydrogen-bond donors (Lipinski definition) is 0. The minimum absolute atomic E-state index is 0.0245. The van der Waals surface area contributed by atoms with Gasteiger partial charge in [-0.15, -0.1) is 0 Å². The normalized spacial score (nSPS) is 25.8. The van der Waals surface area contributed by atoms with Gasteiger partial charge in [0.05, 0.1) is 13.7 Å². The van der Waals surface area contributed by atoms with Crippen LogP contribution in [0.1, 0.15) is 64.2 Å². The number of piperazine rings is 1. The highest BCUT2D eigenvalue weighted by atomic mass is 16.5. The Morgan fingerprint density at radius 1 is 0.769 bits per heavy atom. The average Bonchev–Trinajstić information content (AvgIpc) is 2.73. The van der Waals surface area contributed by atoms with E-state index in [9.17, 15) is 14.4 Å². The molecule has 2 aliphatic carbocycles. The number of esters is 1. The van der Waals surface area contributed by atoms with Crippen LogP contribution in [0.25, 0.3) is 0 Å². The van der Waals surface area contributed by atoms with Crippen molar-refractivity contribution < 1.29 is 19.1 Å². The van der Waals surface area contributed by atoms with Crippen molar-refractivity contribution in [1.82, 2.24) is 9.80 Å². The summed E-state index contributed by atoms with van der Waals surface area (Å²) in [7, 11) is 1.35. The van der Waals surface area contributed by atoms with Crippen LogP contribution in [0, 0.1) is 11.8 Å². The average molecular weight is 364 g/mol. The van der Waals surface area contributed by atoms with Crippen molar-refractivity contribution in [1.29, 1.82) is 0 Å². The number of amides is 2. The van der Waals surface area contributed by atoms with Gasteiger partial charge in [0, 0.05) is 24.9 Å². The lowest BCUT2D eigenvalue weighted by molar-refractivity contribution is -0.161. The minimum Gasteiger partial charge on any atom is -0.467 e. The second kappa shape index (κ2) is 8.87. The van der Waals surface area contributed by atoms with Crippen molar-refractivity contribution >= 4 is 17.8 Å². The van der Waals surface area contributed by atoms with Gasteiger partial charge < -0.3 is 14.5 Å². The Hall–Kier alpha value is -1.59. The van der Waals surface area contributed by atoms with Crippen molar-refractivity contribution in [2.45, 2.75) is 70.3 Å². The third kappa shape index (κ3) is 4.21. The zero-order valence-electron chi connectivity index (χ0n) is 16.0. The van der Waals surface area contributed by atoms with E-state index in [1.165, 1.54) is 20.0 Å². The fraction of sp³-hybridized carbons (Fsp3) is 0.850. The molecule has 0 aromatic rings. The van der Waals surface area contributed by atoms with Crippen LogP contribution in [0.2, 0.25) is 0 Å². The summed E-state index contributed by atoms with van der Waals surface area (Å²) in [6.07, 6.45) is 10.5. The van der Waals surface area contributed by atoms with Crippen molar-refractivity contribution in [3.63, 3.8) is 0 Å². The maximum atomic E-state index is 13.0. The van der Waals surface area contributed by atoms with Crippen LogP contribution in [-0.4, -0.2) is 60.4 Å². The van der Waals surface area contributed by atoms with Gasteiger partial charge in [0.15, 0.2) is 0 Å². The Bertz CT molecular complexity index is 524. The van der Waals surface area contributed by atoms with E-state index in [2.05, 4.69) is 0 Å². The summed E-state index contributed by atoms with van der Waals surface area (Å²) < 4.78 is 4.96. The summed E-state index contributed by atoms with van der Waals surface area (Å²) in [6, 6.07) is -0.657. The Labute approximate surface area is 156 Å². The molecule has 0 bridgehead atoms. The molecule has 6 nitrogen and oxygen atoms in total. The fourth-order valence-corrected chi connectivity index (χ4v) is 4.78. The summed E-state index contributed by atoms with van der Waals surface area (Å²) in [5.41, 5.74) is 0. The Balaban J connectivity index is 1.67. The molecule has 2 saturated carbocycles. The van der Waals surface area contributed by atoms with E-state index >= 15 is 0 Å². The van der Waals surface area contributed by atoms with Gasteiger partial charge in [0.25, 0.3) is 0 Å². The number of methoxy groups -OCH3 is 1. The lowest BCUT2D eigenvalue weighted by Gasteiger charge is -2.42. The molecule has 0 N–H and O–H groups in total. The molecule has 1 saturated heterocycles. The van der Waals surface area contributed by atoms with Gasteiger partial charge in [-0.05, 0) is 25.7 Å². The number of nitrogens with zero attached hydrogens (tertiary/aromatic N) is 2. The first-order valence-corrected chi connectivity index (χ1v) is 10.3. The highest BCUT2D eigenvalue weighted by Gasteiger charge is 2.41. The molecule has 0 spiro atoms. The zero-order valence-corrected chi connectivity index (χ0v) is 16.0. The van der Waals surface area contributed by atoms with Gasteiger partial charge in [-0.3, -0.25) is 9.59 Å². The number of carbonyl (C=O) groups excluding carboxylic acids is 3. The number of ether oxygens (including phenoxy) is 1. The fourth-order valence-electron chi connectivity index (χ4n) is 4.78. The van der Waals surface area contributed by atoms with Gasteiger partial charge in [-0.25, -0.2) is 4.79 Å². The molecule has 3 aliphatic rings. The van der Waals surface area contributed by atoms with E-state index in [4.69, 9.17) is 4.74 Å². The number of rotatable bonds is 3. The summed E-state index contributed by atoms with van der Waals surface area (Å²) >= 11 is 0. The molecule has 0 aromatic carbocycles. The lowest BCUT2D eigenvalue weighted by atomic mass is 9.87. The molecule has 1 heterocycles. The second-order valence-electron chi connectivity index (χ2n) is 8.02. The predicted molar refractivity (Wildman–Crippen MR) is 97.2 cm³/mol. The smallest absolute Gasteiger partial charge is 0.330 e. The van der Waals surface area contributed by atoms with Crippen LogP contribution in [0.4, 0.5) is 0 Å².